The molecular weight excluding hydrogens is 283 g/mol. The van der Waals surface area contributed by atoms with Crippen LogP contribution in [0.3, 0.4) is 0 Å². The van der Waals surface area contributed by atoms with Gasteiger partial charge < -0.3 is 9.84 Å². The molecule has 0 bridgehead atoms. The first-order valence-corrected chi connectivity index (χ1v) is 6.41. The van der Waals surface area contributed by atoms with Crippen LogP contribution in [0, 0.1) is 12.8 Å². The third-order valence-electron chi connectivity index (χ3n) is 3.40. The van der Waals surface area contributed by atoms with Gasteiger partial charge in [-0.2, -0.15) is 7.11 Å². The molecule has 1 unspecified atom stereocenters. The molecule has 1 saturated heterocycles. The van der Waals surface area contributed by atoms with Gasteiger partial charge in [0.1, 0.15) is 6.23 Å². The average molecular weight is 308 g/mol. The Labute approximate surface area is 147 Å². The molecule has 0 spiro atoms. The van der Waals surface area contributed by atoms with Crippen molar-refractivity contribution in [3.05, 3.63) is 32.6 Å². The van der Waals surface area contributed by atoms with E-state index in [1.165, 1.54) is 4.57 Å². The smallest absolute Gasteiger partial charge is 0.857 e. The van der Waals surface area contributed by atoms with Crippen molar-refractivity contribution in [1.82, 2.24) is 9.55 Å². The summed E-state index contributed by atoms with van der Waals surface area (Å²) in [6.07, 6.45) is 3.27. The van der Waals surface area contributed by atoms with Gasteiger partial charge in [-0.15, -0.1) is 0 Å². The topological polar surface area (TPSA) is 87.2 Å². The SMILES string of the molecule is C.CC[C@@H]1OC(n2cc(C)c(=O)[nH]c2=O)C[C@H]1C.C[O-].[Na+]. The van der Waals surface area contributed by atoms with Gasteiger partial charge in [-0.1, -0.05) is 21.3 Å². The fraction of sp³-hybridized carbons (Fsp3) is 0.714. The minimum absolute atomic E-state index is 0. The van der Waals surface area contributed by atoms with E-state index in [4.69, 9.17) is 9.84 Å². The van der Waals surface area contributed by atoms with Crippen molar-refractivity contribution in [2.24, 2.45) is 5.92 Å². The maximum Gasteiger partial charge on any atom is 1.00 e. The summed E-state index contributed by atoms with van der Waals surface area (Å²) in [6, 6.07) is 0. The summed E-state index contributed by atoms with van der Waals surface area (Å²) in [5, 5.41) is 8.25. The number of rotatable bonds is 2. The summed E-state index contributed by atoms with van der Waals surface area (Å²) in [5.74, 6) is 0.434. The maximum absolute atomic E-state index is 11.7. The molecule has 2 heterocycles. The van der Waals surface area contributed by atoms with Crippen LogP contribution in [-0.4, -0.2) is 22.8 Å². The van der Waals surface area contributed by atoms with E-state index < -0.39 is 5.69 Å². The van der Waals surface area contributed by atoms with E-state index >= 15 is 0 Å². The number of aromatic nitrogens is 2. The standard InChI is InChI=1S/C12H18N2O3.CH3O.CH4.Na/c1-4-9-7(2)5-10(17-9)14-6-8(3)11(15)13-12(14)16;1-2;;/h6-7,9-10H,4-5H2,1-3H3,(H,13,15,16);1H3;1H4;/q;-1;;+1/t7-,9+,10?;;;/m1.../s1. The fourth-order valence-electron chi connectivity index (χ4n) is 2.34. The maximum atomic E-state index is 11.7. The molecule has 1 fully saturated rings. The van der Waals surface area contributed by atoms with Crippen LogP contribution in [0.2, 0.25) is 0 Å². The van der Waals surface area contributed by atoms with Crippen LogP contribution < -0.4 is 45.9 Å². The number of ether oxygens (including phenoxy) is 1. The predicted octanol–water partition coefficient (Wildman–Crippen LogP) is -2.20. The van der Waals surface area contributed by atoms with E-state index in [9.17, 15) is 9.59 Å². The fourth-order valence-corrected chi connectivity index (χ4v) is 2.34. The number of nitrogens with zero attached hydrogens (tertiary/aromatic N) is 1. The van der Waals surface area contributed by atoms with Crippen molar-refractivity contribution in [3.63, 3.8) is 0 Å². The van der Waals surface area contributed by atoms with Crippen molar-refractivity contribution in [3.8, 4) is 0 Å². The van der Waals surface area contributed by atoms with Gasteiger partial charge in [-0.3, -0.25) is 14.3 Å². The molecule has 3 atom stereocenters. The van der Waals surface area contributed by atoms with Crippen LogP contribution in [0.4, 0.5) is 0 Å². The number of hydrogen-bond donors (Lipinski definition) is 1. The Kier molecular flexibility index (Phi) is 11.3. The van der Waals surface area contributed by atoms with Crippen LogP contribution in [-0.2, 0) is 4.74 Å². The van der Waals surface area contributed by atoms with Crippen molar-refractivity contribution >= 4 is 0 Å². The molecule has 116 valence electrons. The number of hydrogen-bond acceptors (Lipinski definition) is 4. The molecule has 0 aliphatic carbocycles. The number of H-pyrrole nitrogens is 1. The van der Waals surface area contributed by atoms with Gasteiger partial charge in [0.05, 0.1) is 6.10 Å². The molecule has 1 aliphatic heterocycles. The Morgan fingerprint density at radius 1 is 1.43 bits per heavy atom. The molecule has 0 radical (unpaired) electrons. The largest absolute Gasteiger partial charge is 1.00 e. The third-order valence-corrected chi connectivity index (χ3v) is 3.40. The monoisotopic (exact) mass is 308 g/mol. The van der Waals surface area contributed by atoms with Crippen LogP contribution in [0.15, 0.2) is 15.8 Å². The van der Waals surface area contributed by atoms with Gasteiger partial charge in [-0.05, 0) is 25.7 Å². The number of nitrogens with one attached hydrogen (secondary N) is 1. The second-order valence-corrected chi connectivity index (χ2v) is 4.73. The average Bonchev–Trinajstić information content (AvgIpc) is 2.77. The van der Waals surface area contributed by atoms with Crippen LogP contribution in [0.5, 0.6) is 0 Å². The van der Waals surface area contributed by atoms with E-state index in [2.05, 4.69) is 18.8 Å². The van der Waals surface area contributed by atoms with E-state index in [-0.39, 0.29) is 54.9 Å². The second kappa shape index (κ2) is 10.3. The van der Waals surface area contributed by atoms with Crippen molar-refractivity contribution in [1.29, 1.82) is 0 Å². The van der Waals surface area contributed by atoms with Crippen LogP contribution >= 0.6 is 0 Å². The first-order valence-electron chi connectivity index (χ1n) is 6.41. The predicted molar refractivity (Wildman–Crippen MR) is 76.7 cm³/mol. The Balaban J connectivity index is 0. The molecule has 21 heavy (non-hydrogen) atoms. The van der Waals surface area contributed by atoms with Crippen LogP contribution in [0.1, 0.15) is 45.9 Å². The summed E-state index contributed by atoms with van der Waals surface area (Å²) in [7, 11) is 0.750. The normalized spacial score (nSPS) is 23.4. The zero-order chi connectivity index (χ0) is 14.6. The van der Waals surface area contributed by atoms with Gasteiger partial charge in [0.15, 0.2) is 0 Å². The Morgan fingerprint density at radius 2 is 2.00 bits per heavy atom. The van der Waals surface area contributed by atoms with E-state index in [0.717, 1.165) is 20.0 Å². The first kappa shape index (κ1) is 22.9. The number of aromatic amines is 1. The van der Waals surface area contributed by atoms with E-state index in [0.29, 0.717) is 11.5 Å². The zero-order valence-electron chi connectivity index (χ0n) is 12.8. The van der Waals surface area contributed by atoms with Crippen molar-refractivity contribution in [2.75, 3.05) is 7.11 Å². The molecule has 1 aromatic heterocycles. The van der Waals surface area contributed by atoms with Gasteiger partial charge in [-0.25, -0.2) is 4.79 Å². The quantitative estimate of drug-likeness (QED) is 0.628. The van der Waals surface area contributed by atoms with Gasteiger partial charge in [0, 0.05) is 11.8 Å². The summed E-state index contributed by atoms with van der Waals surface area (Å²) < 4.78 is 7.31. The third kappa shape index (κ3) is 5.38. The molecule has 0 amide bonds. The van der Waals surface area contributed by atoms with Gasteiger partial charge in [0.25, 0.3) is 5.56 Å². The molecule has 2 rings (SSSR count). The molecular formula is C14H25N2NaO4. The van der Waals surface area contributed by atoms with E-state index in [1.807, 2.05) is 0 Å². The Hall–Kier alpha value is -0.400. The summed E-state index contributed by atoms with van der Waals surface area (Å²) in [4.78, 5) is 25.3. The molecule has 0 aromatic carbocycles. The molecule has 1 aromatic rings. The Morgan fingerprint density at radius 3 is 2.48 bits per heavy atom. The van der Waals surface area contributed by atoms with Gasteiger partial charge in [0.2, 0.25) is 0 Å². The van der Waals surface area contributed by atoms with Gasteiger partial charge >= 0.3 is 35.2 Å². The molecule has 7 heteroatoms. The minimum Gasteiger partial charge on any atom is -0.857 e. The molecule has 1 N–H and O–H groups in total. The van der Waals surface area contributed by atoms with Crippen molar-refractivity contribution in [2.45, 2.75) is 53.4 Å². The summed E-state index contributed by atoms with van der Waals surface area (Å²) in [5.41, 5.74) is -0.195. The van der Waals surface area contributed by atoms with Crippen molar-refractivity contribution < 1.29 is 39.4 Å². The molecule has 0 saturated carbocycles. The van der Waals surface area contributed by atoms with Crippen LogP contribution in [0.25, 0.3) is 0 Å². The molecule has 6 nitrogen and oxygen atoms in total. The first-order chi connectivity index (χ1) is 9.02. The zero-order valence-corrected chi connectivity index (χ0v) is 14.8. The summed E-state index contributed by atoms with van der Waals surface area (Å²) in [6.45, 7) is 5.88. The second-order valence-electron chi connectivity index (χ2n) is 4.73. The van der Waals surface area contributed by atoms with E-state index in [1.54, 1.807) is 13.1 Å². The molecule has 1 aliphatic rings. The Bertz CT molecular complexity index is 526. The number of aryl methyl sites for hydroxylation is 1. The minimum atomic E-state index is -0.394. The summed E-state index contributed by atoms with van der Waals surface area (Å²) >= 11 is 0.